The Hall–Kier alpha value is -1.75. The summed E-state index contributed by atoms with van der Waals surface area (Å²) in [5.41, 5.74) is 0.660. The fourth-order valence-electron chi connectivity index (χ4n) is 1.81. The van der Waals surface area contributed by atoms with E-state index < -0.39 is 5.97 Å². The number of rotatable bonds is 7. The van der Waals surface area contributed by atoms with Crippen molar-refractivity contribution in [3.05, 3.63) is 28.8 Å². The number of carboxylic acids is 1. The van der Waals surface area contributed by atoms with E-state index in [9.17, 15) is 9.59 Å². The molecule has 5 nitrogen and oxygen atoms in total. The van der Waals surface area contributed by atoms with Crippen molar-refractivity contribution in [2.75, 3.05) is 19.7 Å². The highest BCUT2D eigenvalue weighted by Crippen LogP contribution is 2.29. The van der Waals surface area contributed by atoms with Crippen LogP contribution in [0.15, 0.2) is 18.2 Å². The van der Waals surface area contributed by atoms with Gasteiger partial charge in [0, 0.05) is 12.1 Å². The van der Waals surface area contributed by atoms with E-state index in [4.69, 9.17) is 21.4 Å². The number of benzene rings is 1. The van der Waals surface area contributed by atoms with Crippen LogP contribution in [0.2, 0.25) is 5.02 Å². The summed E-state index contributed by atoms with van der Waals surface area (Å²) in [6.45, 7) is 4.05. The summed E-state index contributed by atoms with van der Waals surface area (Å²) in [5.74, 6) is -0.814. The van der Waals surface area contributed by atoms with E-state index >= 15 is 0 Å². The number of ether oxygens (including phenoxy) is 1. The molecule has 0 aliphatic heterocycles. The summed E-state index contributed by atoms with van der Waals surface area (Å²) in [4.78, 5) is 24.1. The molecule has 1 amide bonds. The smallest absolute Gasteiger partial charge is 0.323 e. The monoisotopic (exact) mass is 299 g/mol. The first kappa shape index (κ1) is 16.3. The molecule has 1 aromatic rings. The number of carbonyl (C=O) groups is 2. The average Bonchev–Trinajstić information content (AvgIpc) is 2.39. The minimum Gasteiger partial charge on any atom is -0.492 e. The molecule has 0 radical (unpaired) electrons. The number of hydrogen-bond donors (Lipinski definition) is 1. The molecule has 0 atom stereocenters. The Balaban J connectivity index is 2.89. The van der Waals surface area contributed by atoms with Crippen molar-refractivity contribution in [3.8, 4) is 5.75 Å². The van der Waals surface area contributed by atoms with Crippen LogP contribution in [0.5, 0.6) is 5.75 Å². The number of aliphatic carboxylic acids is 1. The van der Waals surface area contributed by atoms with Crippen LogP contribution in [0, 0.1) is 0 Å². The van der Waals surface area contributed by atoms with Crippen molar-refractivity contribution in [3.63, 3.8) is 0 Å². The molecule has 110 valence electrons. The van der Waals surface area contributed by atoms with Crippen LogP contribution in [0.3, 0.4) is 0 Å². The standard InChI is InChI=1S/C14H18ClNO4/c1-3-16(9-13(18)19)12(17)8-10-6-5-7-11(15)14(10)20-4-2/h5-7H,3-4,8-9H2,1-2H3,(H,18,19). The van der Waals surface area contributed by atoms with Crippen LogP contribution in [0.1, 0.15) is 19.4 Å². The maximum Gasteiger partial charge on any atom is 0.323 e. The Morgan fingerprint density at radius 1 is 1.35 bits per heavy atom. The Kier molecular flexibility index (Phi) is 6.31. The number of likely N-dealkylation sites (N-methyl/N-ethyl adjacent to an activating group) is 1. The zero-order valence-electron chi connectivity index (χ0n) is 11.6. The van der Waals surface area contributed by atoms with Crippen LogP contribution in [0.25, 0.3) is 0 Å². The van der Waals surface area contributed by atoms with Gasteiger partial charge in [0.15, 0.2) is 0 Å². The molecule has 0 saturated carbocycles. The predicted octanol–water partition coefficient (Wildman–Crippen LogP) is 2.21. The van der Waals surface area contributed by atoms with Gasteiger partial charge in [0.1, 0.15) is 12.3 Å². The molecule has 0 heterocycles. The van der Waals surface area contributed by atoms with Crippen LogP contribution >= 0.6 is 11.6 Å². The molecular weight excluding hydrogens is 282 g/mol. The van der Waals surface area contributed by atoms with Crippen molar-refractivity contribution in [2.24, 2.45) is 0 Å². The number of carboxylic acid groups (broad SMARTS) is 1. The van der Waals surface area contributed by atoms with Gasteiger partial charge < -0.3 is 14.7 Å². The number of nitrogens with zero attached hydrogens (tertiary/aromatic N) is 1. The van der Waals surface area contributed by atoms with Gasteiger partial charge in [0.25, 0.3) is 0 Å². The molecule has 20 heavy (non-hydrogen) atoms. The number of amides is 1. The molecule has 6 heteroatoms. The third-order valence-corrected chi connectivity index (χ3v) is 3.04. The van der Waals surface area contributed by atoms with Gasteiger partial charge in [0.05, 0.1) is 18.1 Å². The van der Waals surface area contributed by atoms with Gasteiger partial charge in [-0.3, -0.25) is 9.59 Å². The van der Waals surface area contributed by atoms with Crippen LogP contribution in [-0.4, -0.2) is 41.6 Å². The highest BCUT2D eigenvalue weighted by molar-refractivity contribution is 6.32. The molecule has 0 bridgehead atoms. The third-order valence-electron chi connectivity index (χ3n) is 2.74. The Labute approximate surface area is 123 Å². The third kappa shape index (κ3) is 4.42. The summed E-state index contributed by atoms with van der Waals surface area (Å²) < 4.78 is 5.44. The predicted molar refractivity (Wildman–Crippen MR) is 76.2 cm³/mol. The second-order valence-electron chi connectivity index (χ2n) is 4.14. The highest BCUT2D eigenvalue weighted by Gasteiger charge is 2.18. The zero-order valence-corrected chi connectivity index (χ0v) is 12.3. The lowest BCUT2D eigenvalue weighted by molar-refractivity contribution is -0.144. The Morgan fingerprint density at radius 2 is 2.05 bits per heavy atom. The minimum absolute atomic E-state index is 0.0665. The van der Waals surface area contributed by atoms with Crippen molar-refractivity contribution >= 4 is 23.5 Å². The summed E-state index contributed by atoms with van der Waals surface area (Å²) in [6.07, 6.45) is 0.0665. The van der Waals surface area contributed by atoms with Gasteiger partial charge in [-0.15, -0.1) is 0 Å². The molecular formula is C14H18ClNO4. The van der Waals surface area contributed by atoms with Gasteiger partial charge in [-0.25, -0.2) is 0 Å². The molecule has 0 spiro atoms. The van der Waals surface area contributed by atoms with Crippen LogP contribution in [0.4, 0.5) is 0 Å². The highest BCUT2D eigenvalue weighted by atomic mass is 35.5. The Morgan fingerprint density at radius 3 is 2.60 bits per heavy atom. The van der Waals surface area contributed by atoms with E-state index in [2.05, 4.69) is 0 Å². The van der Waals surface area contributed by atoms with E-state index in [-0.39, 0.29) is 18.9 Å². The fourth-order valence-corrected chi connectivity index (χ4v) is 2.06. The summed E-state index contributed by atoms with van der Waals surface area (Å²) in [7, 11) is 0. The lowest BCUT2D eigenvalue weighted by Crippen LogP contribution is -2.36. The normalized spacial score (nSPS) is 10.2. The van der Waals surface area contributed by atoms with Crippen molar-refractivity contribution in [1.29, 1.82) is 0 Å². The second kappa shape index (κ2) is 7.75. The molecule has 1 aromatic carbocycles. The van der Waals surface area contributed by atoms with Gasteiger partial charge in [0.2, 0.25) is 5.91 Å². The molecule has 0 aliphatic rings. The van der Waals surface area contributed by atoms with E-state index in [1.54, 1.807) is 25.1 Å². The average molecular weight is 300 g/mol. The van der Waals surface area contributed by atoms with E-state index in [1.807, 2.05) is 6.92 Å². The van der Waals surface area contributed by atoms with Gasteiger partial charge in [-0.2, -0.15) is 0 Å². The molecule has 0 aliphatic carbocycles. The first-order chi connectivity index (χ1) is 9.49. The SMILES string of the molecule is CCOc1c(Cl)cccc1CC(=O)N(CC)CC(=O)O. The van der Waals surface area contributed by atoms with E-state index in [0.29, 0.717) is 29.5 Å². The summed E-state index contributed by atoms with van der Waals surface area (Å²) >= 11 is 6.05. The first-order valence-corrected chi connectivity index (χ1v) is 6.77. The van der Waals surface area contributed by atoms with Gasteiger partial charge >= 0.3 is 5.97 Å². The minimum atomic E-state index is -1.03. The summed E-state index contributed by atoms with van der Waals surface area (Å²) in [5, 5.41) is 9.22. The van der Waals surface area contributed by atoms with Gasteiger partial charge in [-0.05, 0) is 19.9 Å². The summed E-state index contributed by atoms with van der Waals surface area (Å²) in [6, 6.07) is 5.18. The number of carbonyl (C=O) groups excluding carboxylic acids is 1. The van der Waals surface area contributed by atoms with Crippen molar-refractivity contribution in [1.82, 2.24) is 4.90 Å². The molecule has 1 rings (SSSR count). The maximum atomic E-state index is 12.1. The Bertz CT molecular complexity index is 490. The quantitative estimate of drug-likeness (QED) is 0.838. The van der Waals surface area contributed by atoms with Crippen molar-refractivity contribution in [2.45, 2.75) is 20.3 Å². The molecule has 0 unspecified atom stereocenters. The number of halogens is 1. The van der Waals surface area contributed by atoms with Crippen molar-refractivity contribution < 1.29 is 19.4 Å². The molecule has 0 fully saturated rings. The lowest BCUT2D eigenvalue weighted by Gasteiger charge is -2.19. The van der Waals surface area contributed by atoms with E-state index in [1.165, 1.54) is 4.90 Å². The van der Waals surface area contributed by atoms with Crippen LogP contribution < -0.4 is 4.74 Å². The lowest BCUT2D eigenvalue weighted by atomic mass is 10.1. The maximum absolute atomic E-state index is 12.1. The van der Waals surface area contributed by atoms with Gasteiger partial charge in [-0.1, -0.05) is 23.7 Å². The second-order valence-corrected chi connectivity index (χ2v) is 4.55. The van der Waals surface area contributed by atoms with E-state index in [0.717, 1.165) is 0 Å². The largest absolute Gasteiger partial charge is 0.492 e. The molecule has 0 saturated heterocycles. The number of para-hydroxylation sites is 1. The fraction of sp³-hybridized carbons (Fsp3) is 0.429. The van der Waals surface area contributed by atoms with Crippen LogP contribution in [-0.2, 0) is 16.0 Å². The number of hydrogen-bond acceptors (Lipinski definition) is 3. The first-order valence-electron chi connectivity index (χ1n) is 6.39. The molecule has 0 aromatic heterocycles. The topological polar surface area (TPSA) is 66.8 Å². The zero-order chi connectivity index (χ0) is 15.1. The molecule has 1 N–H and O–H groups in total.